The van der Waals surface area contributed by atoms with Gasteiger partial charge >= 0.3 is 5.97 Å². The third-order valence-electron chi connectivity index (χ3n) is 2.31. The van der Waals surface area contributed by atoms with Gasteiger partial charge in [-0.15, -0.1) is 22.7 Å². The average molecular weight is 286 g/mol. The molecule has 0 saturated carbocycles. The van der Waals surface area contributed by atoms with Crippen LogP contribution in [-0.4, -0.2) is 21.0 Å². The minimum atomic E-state index is -1.32. The van der Waals surface area contributed by atoms with Gasteiger partial charge in [-0.05, 0) is 5.92 Å². The number of carboxylic acid groups (broad SMARTS) is 1. The fourth-order valence-electron chi connectivity index (χ4n) is 1.40. The number of carboxylic acids is 1. The number of aromatic nitrogens is 2. The summed E-state index contributed by atoms with van der Waals surface area (Å²) in [6.45, 7) is 3.41. The van der Waals surface area contributed by atoms with Crippen LogP contribution in [0.5, 0.6) is 0 Å². The number of carbonyl (C=O) groups is 1. The summed E-state index contributed by atoms with van der Waals surface area (Å²) in [4.78, 5) is 19.3. The molecule has 0 spiro atoms. The van der Waals surface area contributed by atoms with Crippen molar-refractivity contribution < 1.29 is 14.3 Å². The van der Waals surface area contributed by atoms with Gasteiger partial charge in [0.2, 0.25) is 0 Å². The van der Waals surface area contributed by atoms with Crippen molar-refractivity contribution in [3.05, 3.63) is 22.1 Å². The zero-order valence-corrected chi connectivity index (χ0v) is 11.4. The standard InChI is InChI=1S/C11H11FN2O2S2/c1-5(2)6(12)8-7(11(15)16)14-10(18-8)9-13-3-4-17-9/h3-6H,1-2H3,(H,15,16). The zero-order valence-electron chi connectivity index (χ0n) is 9.75. The van der Waals surface area contributed by atoms with E-state index in [-0.39, 0.29) is 16.5 Å². The van der Waals surface area contributed by atoms with E-state index in [4.69, 9.17) is 5.11 Å². The molecule has 7 heteroatoms. The number of thiazole rings is 2. The second-order valence-corrected chi connectivity index (χ2v) is 5.95. The summed E-state index contributed by atoms with van der Waals surface area (Å²) in [7, 11) is 0. The number of alkyl halides is 1. The van der Waals surface area contributed by atoms with E-state index in [1.54, 1.807) is 25.4 Å². The Hall–Kier alpha value is -1.34. The quantitative estimate of drug-likeness (QED) is 0.932. The molecule has 0 amide bonds. The highest BCUT2D eigenvalue weighted by atomic mass is 32.1. The molecule has 1 N–H and O–H groups in total. The third-order valence-corrected chi connectivity index (χ3v) is 4.33. The van der Waals surface area contributed by atoms with Gasteiger partial charge in [0.25, 0.3) is 0 Å². The molecule has 4 nitrogen and oxygen atoms in total. The maximum Gasteiger partial charge on any atom is 0.355 e. The lowest BCUT2D eigenvalue weighted by molar-refractivity contribution is 0.0687. The number of hydrogen-bond acceptors (Lipinski definition) is 5. The van der Waals surface area contributed by atoms with E-state index in [1.165, 1.54) is 11.3 Å². The van der Waals surface area contributed by atoms with Crippen LogP contribution in [0.3, 0.4) is 0 Å². The summed E-state index contributed by atoms with van der Waals surface area (Å²) in [5.74, 6) is -1.49. The molecule has 0 radical (unpaired) electrons. The van der Waals surface area contributed by atoms with E-state index in [2.05, 4.69) is 9.97 Å². The number of hydrogen-bond donors (Lipinski definition) is 1. The Balaban J connectivity index is 2.48. The van der Waals surface area contributed by atoms with Crippen LogP contribution < -0.4 is 0 Å². The Bertz CT molecular complexity index is 551. The summed E-state index contributed by atoms with van der Waals surface area (Å²) in [6.07, 6.45) is 0.291. The van der Waals surface area contributed by atoms with E-state index in [0.29, 0.717) is 10.0 Å². The van der Waals surface area contributed by atoms with Gasteiger partial charge < -0.3 is 5.11 Å². The van der Waals surface area contributed by atoms with Gasteiger partial charge in [-0.1, -0.05) is 13.8 Å². The topological polar surface area (TPSA) is 63.1 Å². The second kappa shape index (κ2) is 5.11. The molecule has 0 bridgehead atoms. The number of rotatable bonds is 4. The van der Waals surface area contributed by atoms with E-state index in [9.17, 15) is 9.18 Å². The summed E-state index contributed by atoms with van der Waals surface area (Å²) < 4.78 is 14.0. The van der Waals surface area contributed by atoms with Crippen LogP contribution in [0.2, 0.25) is 0 Å². The van der Waals surface area contributed by atoms with Crippen LogP contribution in [-0.2, 0) is 0 Å². The van der Waals surface area contributed by atoms with Crippen molar-refractivity contribution in [2.24, 2.45) is 5.92 Å². The highest BCUT2D eigenvalue weighted by molar-refractivity contribution is 7.20. The molecular weight excluding hydrogens is 275 g/mol. The Morgan fingerprint density at radius 1 is 1.44 bits per heavy atom. The molecule has 1 atom stereocenters. The molecule has 2 aromatic heterocycles. The predicted molar refractivity (Wildman–Crippen MR) is 68.9 cm³/mol. The predicted octanol–water partition coefficient (Wildman–Crippen LogP) is 3.63. The first-order valence-corrected chi connectivity index (χ1v) is 6.98. The van der Waals surface area contributed by atoms with Gasteiger partial charge in [0.15, 0.2) is 15.7 Å². The highest BCUT2D eigenvalue weighted by Crippen LogP contribution is 2.37. The number of aromatic carboxylic acids is 1. The maximum atomic E-state index is 14.0. The number of nitrogens with zero attached hydrogens (tertiary/aromatic N) is 2. The lowest BCUT2D eigenvalue weighted by atomic mass is 10.1. The Morgan fingerprint density at radius 2 is 2.17 bits per heavy atom. The van der Waals surface area contributed by atoms with Crippen LogP contribution in [0, 0.1) is 5.92 Å². The molecule has 0 aliphatic heterocycles. The molecule has 0 aliphatic carbocycles. The van der Waals surface area contributed by atoms with Gasteiger partial charge in [0, 0.05) is 11.6 Å². The first kappa shape index (κ1) is 13.1. The van der Waals surface area contributed by atoms with Crippen molar-refractivity contribution >= 4 is 28.6 Å². The highest BCUT2D eigenvalue weighted by Gasteiger charge is 2.27. The molecular formula is C11H11FN2O2S2. The summed E-state index contributed by atoms with van der Waals surface area (Å²) >= 11 is 2.41. The molecule has 0 saturated heterocycles. The zero-order chi connectivity index (χ0) is 13.3. The fourth-order valence-corrected chi connectivity index (χ4v) is 3.28. The van der Waals surface area contributed by atoms with E-state index < -0.39 is 12.1 Å². The number of halogens is 1. The van der Waals surface area contributed by atoms with Crippen molar-refractivity contribution in [3.63, 3.8) is 0 Å². The van der Waals surface area contributed by atoms with Crippen LogP contribution >= 0.6 is 22.7 Å². The van der Waals surface area contributed by atoms with Crippen LogP contribution in [0.25, 0.3) is 10.0 Å². The van der Waals surface area contributed by atoms with Gasteiger partial charge in [-0.2, -0.15) is 0 Å². The van der Waals surface area contributed by atoms with Gasteiger partial charge in [0.1, 0.15) is 6.17 Å². The fraction of sp³-hybridized carbons (Fsp3) is 0.364. The van der Waals surface area contributed by atoms with Crippen molar-refractivity contribution in [1.82, 2.24) is 9.97 Å². The van der Waals surface area contributed by atoms with Crippen molar-refractivity contribution in [3.8, 4) is 10.0 Å². The molecule has 1 unspecified atom stereocenters. The van der Waals surface area contributed by atoms with E-state index >= 15 is 0 Å². The van der Waals surface area contributed by atoms with Crippen LogP contribution in [0.15, 0.2) is 11.6 Å². The summed E-state index contributed by atoms with van der Waals surface area (Å²) in [6, 6.07) is 0. The van der Waals surface area contributed by atoms with Crippen molar-refractivity contribution in [2.75, 3.05) is 0 Å². The van der Waals surface area contributed by atoms with Crippen LogP contribution in [0.1, 0.15) is 35.4 Å². The van der Waals surface area contributed by atoms with E-state index in [0.717, 1.165) is 11.3 Å². The largest absolute Gasteiger partial charge is 0.476 e. The Labute approximate surface area is 111 Å². The molecule has 2 aromatic rings. The minimum absolute atomic E-state index is 0.169. The van der Waals surface area contributed by atoms with Gasteiger partial charge in [-0.25, -0.2) is 19.2 Å². The lowest BCUT2D eigenvalue weighted by Crippen LogP contribution is -2.06. The van der Waals surface area contributed by atoms with Gasteiger partial charge in [0.05, 0.1) is 4.88 Å². The summed E-state index contributed by atoms with van der Waals surface area (Å²) in [5, 5.41) is 11.9. The monoisotopic (exact) mass is 286 g/mol. The lowest BCUT2D eigenvalue weighted by Gasteiger charge is -2.09. The normalized spacial score (nSPS) is 12.9. The second-order valence-electron chi connectivity index (χ2n) is 4.02. The molecule has 18 heavy (non-hydrogen) atoms. The maximum absolute atomic E-state index is 14.0. The molecule has 0 aromatic carbocycles. The SMILES string of the molecule is CC(C)C(F)c1sc(-c2nccs2)nc1C(=O)O. The third kappa shape index (κ3) is 2.41. The Kier molecular flexibility index (Phi) is 3.72. The van der Waals surface area contributed by atoms with Gasteiger partial charge in [-0.3, -0.25) is 0 Å². The molecule has 96 valence electrons. The molecule has 0 fully saturated rings. The van der Waals surface area contributed by atoms with E-state index in [1.807, 2.05) is 0 Å². The average Bonchev–Trinajstić information content (AvgIpc) is 2.96. The first-order valence-electron chi connectivity index (χ1n) is 5.28. The molecule has 2 heterocycles. The summed E-state index contributed by atoms with van der Waals surface area (Å²) in [5.41, 5.74) is -0.202. The Morgan fingerprint density at radius 3 is 2.67 bits per heavy atom. The molecule has 2 rings (SSSR count). The minimum Gasteiger partial charge on any atom is -0.476 e. The molecule has 0 aliphatic rings. The first-order chi connectivity index (χ1) is 8.50. The van der Waals surface area contributed by atoms with Crippen LogP contribution in [0.4, 0.5) is 4.39 Å². The smallest absolute Gasteiger partial charge is 0.355 e. The van der Waals surface area contributed by atoms with Crippen molar-refractivity contribution in [2.45, 2.75) is 20.0 Å². The van der Waals surface area contributed by atoms with Crippen molar-refractivity contribution in [1.29, 1.82) is 0 Å².